The van der Waals surface area contributed by atoms with E-state index >= 15 is 0 Å². The van der Waals surface area contributed by atoms with Crippen LogP contribution >= 0.6 is 22.7 Å². The minimum Gasteiger partial charge on any atom is -0.493 e. The fourth-order valence-electron chi connectivity index (χ4n) is 2.17. The van der Waals surface area contributed by atoms with E-state index in [0.717, 1.165) is 21.9 Å². The summed E-state index contributed by atoms with van der Waals surface area (Å²) >= 11 is 2.97. The molecule has 2 aromatic heterocycles. The molecule has 1 amide bonds. The maximum Gasteiger partial charge on any atom is 0.229 e. The maximum absolute atomic E-state index is 12.0. The molecule has 24 heavy (non-hydrogen) atoms. The molecule has 0 bridgehead atoms. The molecule has 0 aliphatic rings. The van der Waals surface area contributed by atoms with Crippen LogP contribution in [0.2, 0.25) is 0 Å². The molecule has 3 aromatic rings. The summed E-state index contributed by atoms with van der Waals surface area (Å²) in [6.07, 6.45) is 0.265. The number of benzene rings is 1. The minimum absolute atomic E-state index is 0.132. The average Bonchev–Trinajstić information content (AvgIpc) is 3.20. The molecule has 124 valence electrons. The summed E-state index contributed by atoms with van der Waals surface area (Å²) in [4.78, 5) is 12.0. The number of nitrogens with one attached hydrogen (secondary N) is 1. The van der Waals surface area contributed by atoms with Crippen molar-refractivity contribution in [3.05, 3.63) is 46.2 Å². The molecular weight excluding hydrogens is 342 g/mol. The van der Waals surface area contributed by atoms with E-state index < -0.39 is 0 Å². The maximum atomic E-state index is 12.0. The molecule has 0 saturated carbocycles. The smallest absolute Gasteiger partial charge is 0.229 e. The zero-order valence-corrected chi connectivity index (χ0v) is 15.0. The van der Waals surface area contributed by atoms with Crippen LogP contribution in [0.5, 0.6) is 5.75 Å². The number of anilines is 1. The molecule has 1 aromatic carbocycles. The summed E-state index contributed by atoms with van der Waals surface area (Å²) in [5.41, 5.74) is 3.28. The van der Waals surface area contributed by atoms with Crippen LogP contribution in [-0.4, -0.2) is 22.7 Å². The summed E-state index contributed by atoms with van der Waals surface area (Å²) in [5, 5.41) is 16.2. The van der Waals surface area contributed by atoms with Crippen molar-refractivity contribution in [1.29, 1.82) is 0 Å². The first-order valence-electron chi connectivity index (χ1n) is 7.48. The summed E-state index contributed by atoms with van der Waals surface area (Å²) in [7, 11) is 0. The van der Waals surface area contributed by atoms with E-state index in [1.54, 1.807) is 11.3 Å². The van der Waals surface area contributed by atoms with Crippen LogP contribution in [0.1, 0.15) is 17.5 Å². The van der Waals surface area contributed by atoms with E-state index in [4.69, 9.17) is 4.74 Å². The van der Waals surface area contributed by atoms with Gasteiger partial charge in [0.1, 0.15) is 10.8 Å². The van der Waals surface area contributed by atoms with Crippen LogP contribution < -0.4 is 10.1 Å². The van der Waals surface area contributed by atoms with E-state index in [9.17, 15) is 4.79 Å². The molecule has 0 unspecified atom stereocenters. The summed E-state index contributed by atoms with van der Waals surface area (Å²) in [6.45, 7) is 4.36. The highest BCUT2D eigenvalue weighted by atomic mass is 32.1. The van der Waals surface area contributed by atoms with Gasteiger partial charge in [-0.25, -0.2) is 0 Å². The Labute approximate surface area is 148 Å². The van der Waals surface area contributed by atoms with Gasteiger partial charge < -0.3 is 10.1 Å². The Morgan fingerprint density at radius 3 is 2.88 bits per heavy atom. The Balaban J connectivity index is 1.49. The van der Waals surface area contributed by atoms with Gasteiger partial charge in [-0.05, 0) is 36.9 Å². The molecule has 7 heteroatoms. The lowest BCUT2D eigenvalue weighted by atomic mass is 10.1. The lowest BCUT2D eigenvalue weighted by molar-refractivity contribution is -0.116. The van der Waals surface area contributed by atoms with Crippen molar-refractivity contribution in [2.45, 2.75) is 20.3 Å². The molecule has 1 N–H and O–H groups in total. The fourth-order valence-corrected chi connectivity index (χ4v) is 3.64. The van der Waals surface area contributed by atoms with Crippen LogP contribution in [0, 0.1) is 13.8 Å². The van der Waals surface area contributed by atoms with Crippen molar-refractivity contribution < 1.29 is 9.53 Å². The highest BCUT2D eigenvalue weighted by Crippen LogP contribution is 2.27. The van der Waals surface area contributed by atoms with Crippen LogP contribution in [0.15, 0.2) is 35.0 Å². The number of hydrogen-bond acceptors (Lipinski definition) is 6. The van der Waals surface area contributed by atoms with Gasteiger partial charge in [-0.3, -0.25) is 4.79 Å². The third kappa shape index (κ3) is 4.18. The molecule has 0 saturated heterocycles. The second-order valence-corrected chi connectivity index (χ2v) is 7.10. The van der Waals surface area contributed by atoms with E-state index in [1.807, 2.05) is 42.8 Å². The second kappa shape index (κ2) is 7.55. The van der Waals surface area contributed by atoms with Crippen molar-refractivity contribution in [2.75, 3.05) is 11.9 Å². The molecule has 0 fully saturated rings. The molecule has 0 aliphatic heterocycles. The Kier molecular flexibility index (Phi) is 5.22. The molecular formula is C17H17N3O2S2. The topological polar surface area (TPSA) is 64.1 Å². The van der Waals surface area contributed by atoms with Gasteiger partial charge in [0.15, 0.2) is 0 Å². The van der Waals surface area contributed by atoms with Crippen molar-refractivity contribution in [1.82, 2.24) is 10.2 Å². The predicted molar refractivity (Wildman–Crippen MR) is 97.9 cm³/mol. The molecule has 2 heterocycles. The number of ether oxygens (including phenoxy) is 1. The van der Waals surface area contributed by atoms with Crippen LogP contribution in [0.3, 0.4) is 0 Å². The van der Waals surface area contributed by atoms with Gasteiger partial charge in [0.2, 0.25) is 11.0 Å². The third-order valence-corrected chi connectivity index (χ3v) is 4.93. The number of hydrogen-bond donors (Lipinski definition) is 1. The highest BCUT2D eigenvalue weighted by molar-refractivity contribution is 7.19. The Hall–Kier alpha value is -2.25. The number of thiophene rings is 1. The van der Waals surface area contributed by atoms with Gasteiger partial charge in [0, 0.05) is 10.9 Å². The molecule has 3 rings (SSSR count). The van der Waals surface area contributed by atoms with E-state index in [0.29, 0.717) is 11.7 Å². The van der Waals surface area contributed by atoms with Gasteiger partial charge in [-0.1, -0.05) is 29.0 Å². The zero-order valence-electron chi connectivity index (χ0n) is 13.4. The van der Waals surface area contributed by atoms with Crippen molar-refractivity contribution in [2.24, 2.45) is 0 Å². The number of aromatic nitrogens is 2. The average molecular weight is 359 g/mol. The van der Waals surface area contributed by atoms with Gasteiger partial charge in [0.05, 0.1) is 13.0 Å². The summed E-state index contributed by atoms with van der Waals surface area (Å²) < 4.78 is 5.67. The molecule has 0 aliphatic carbocycles. The third-order valence-electron chi connectivity index (χ3n) is 3.36. The van der Waals surface area contributed by atoms with Gasteiger partial charge in [-0.15, -0.1) is 10.2 Å². The van der Waals surface area contributed by atoms with Gasteiger partial charge in [0.25, 0.3) is 0 Å². The van der Waals surface area contributed by atoms with Crippen molar-refractivity contribution in [3.8, 4) is 16.3 Å². The Bertz CT molecular complexity index is 828. The fraction of sp³-hybridized carbons (Fsp3) is 0.235. The standard InChI is InChI=1S/C17H17N3O2S2/c1-11-3-4-14(12(2)9-11)22-7-5-15(21)18-17-20-19-16(24-17)13-6-8-23-10-13/h3-4,6,8-10H,5,7H2,1-2H3,(H,18,20,21). The van der Waals surface area contributed by atoms with Crippen LogP contribution in [0.4, 0.5) is 5.13 Å². The van der Waals surface area contributed by atoms with Gasteiger partial charge in [-0.2, -0.15) is 11.3 Å². The summed E-state index contributed by atoms with van der Waals surface area (Å²) in [5.74, 6) is 0.678. The van der Waals surface area contributed by atoms with E-state index in [1.165, 1.54) is 16.9 Å². The first-order valence-corrected chi connectivity index (χ1v) is 9.24. The van der Waals surface area contributed by atoms with Crippen LogP contribution in [0.25, 0.3) is 10.6 Å². The normalized spacial score (nSPS) is 10.6. The molecule has 5 nitrogen and oxygen atoms in total. The quantitative estimate of drug-likeness (QED) is 0.713. The number of nitrogens with zero attached hydrogens (tertiary/aromatic N) is 2. The lowest BCUT2D eigenvalue weighted by Crippen LogP contribution is -2.15. The molecule has 0 atom stereocenters. The number of carbonyl (C=O) groups excluding carboxylic acids is 1. The largest absolute Gasteiger partial charge is 0.493 e. The first-order chi connectivity index (χ1) is 11.6. The van der Waals surface area contributed by atoms with Crippen molar-refractivity contribution >= 4 is 33.7 Å². The zero-order chi connectivity index (χ0) is 16.9. The van der Waals surface area contributed by atoms with E-state index in [-0.39, 0.29) is 12.3 Å². The number of rotatable bonds is 6. The first kappa shape index (κ1) is 16.6. The van der Waals surface area contributed by atoms with Gasteiger partial charge >= 0.3 is 0 Å². The minimum atomic E-state index is -0.132. The Morgan fingerprint density at radius 2 is 2.12 bits per heavy atom. The lowest BCUT2D eigenvalue weighted by Gasteiger charge is -2.09. The monoisotopic (exact) mass is 359 g/mol. The van der Waals surface area contributed by atoms with Crippen molar-refractivity contribution in [3.63, 3.8) is 0 Å². The number of carbonyl (C=O) groups is 1. The number of amides is 1. The Morgan fingerprint density at radius 1 is 1.25 bits per heavy atom. The van der Waals surface area contributed by atoms with Crippen LogP contribution in [-0.2, 0) is 4.79 Å². The SMILES string of the molecule is Cc1ccc(OCCC(=O)Nc2nnc(-c3ccsc3)s2)c(C)c1. The highest BCUT2D eigenvalue weighted by Gasteiger charge is 2.10. The number of aryl methyl sites for hydroxylation is 2. The molecule has 0 spiro atoms. The molecule has 0 radical (unpaired) electrons. The second-order valence-electron chi connectivity index (χ2n) is 5.34. The predicted octanol–water partition coefficient (Wildman–Crippen LogP) is 4.29. The summed E-state index contributed by atoms with van der Waals surface area (Å²) in [6, 6.07) is 7.97. The van der Waals surface area contributed by atoms with E-state index in [2.05, 4.69) is 21.6 Å².